The molecule has 1 aliphatic rings. The highest BCUT2D eigenvalue weighted by atomic mass is 16.6. The normalized spacial score (nSPS) is 10.4. The molecule has 0 aromatic heterocycles. The van der Waals surface area contributed by atoms with E-state index in [1.54, 1.807) is 36.4 Å². The van der Waals surface area contributed by atoms with Crippen LogP contribution in [0.2, 0.25) is 0 Å². The number of aromatic hydroxyl groups is 1. The number of hydrogen-bond acceptors (Lipinski definition) is 4. The zero-order chi connectivity index (χ0) is 17.0. The number of hydrogen-bond donors (Lipinski definition) is 3. The van der Waals surface area contributed by atoms with Crippen LogP contribution in [0.5, 0.6) is 5.75 Å². The van der Waals surface area contributed by atoms with E-state index in [2.05, 4.69) is 0 Å². The molecule has 0 aliphatic heterocycles. The van der Waals surface area contributed by atoms with Gasteiger partial charge in [0.25, 0.3) is 0 Å². The lowest BCUT2D eigenvalue weighted by Crippen LogP contribution is -2.04. The highest BCUT2D eigenvalue weighted by molar-refractivity contribution is 6.11. The number of benzene rings is 2. The summed E-state index contributed by atoms with van der Waals surface area (Å²) in [6, 6.07) is 11.6. The van der Waals surface area contributed by atoms with Gasteiger partial charge in [-0.3, -0.25) is 4.79 Å². The van der Waals surface area contributed by atoms with Gasteiger partial charge in [0.1, 0.15) is 5.75 Å². The highest BCUT2D eigenvalue weighted by Gasteiger charge is 2.17. The standard InChI is InChI=1S/C16H9NO2.CH2O3/c17-9-10-1-3-11(4-2-10)16(19)14-7-12-5-6-13(12)8-15(14)18;2-1(3)4/h1-8,18H;(H2,2,3,4). The lowest BCUT2D eigenvalue weighted by molar-refractivity contribution is 0.103. The average Bonchev–Trinajstić information content (AvgIpc) is 2.50. The SMILES string of the molecule is N#Cc1ccc(C(=O)c2cc3c(cc2O)C=C3)cc1.O=C(O)O. The van der Waals surface area contributed by atoms with Crippen LogP contribution in [-0.4, -0.2) is 27.3 Å². The number of nitriles is 1. The summed E-state index contributed by atoms with van der Waals surface area (Å²) in [7, 11) is 0. The van der Waals surface area contributed by atoms with E-state index in [9.17, 15) is 9.90 Å². The lowest BCUT2D eigenvalue weighted by atomic mass is 9.92. The van der Waals surface area contributed by atoms with E-state index < -0.39 is 6.16 Å². The largest absolute Gasteiger partial charge is 0.507 e. The molecule has 0 radical (unpaired) electrons. The Hall–Kier alpha value is -3.59. The van der Waals surface area contributed by atoms with Gasteiger partial charge in [-0.1, -0.05) is 12.2 Å². The van der Waals surface area contributed by atoms with Crippen LogP contribution in [0.15, 0.2) is 36.4 Å². The van der Waals surface area contributed by atoms with E-state index in [0.29, 0.717) is 11.1 Å². The Bertz CT molecular complexity index is 841. The second-order valence-electron chi connectivity index (χ2n) is 4.63. The van der Waals surface area contributed by atoms with Gasteiger partial charge in [-0.15, -0.1) is 0 Å². The van der Waals surface area contributed by atoms with Crippen LogP contribution in [0.25, 0.3) is 12.2 Å². The van der Waals surface area contributed by atoms with E-state index in [4.69, 9.17) is 20.3 Å². The first-order valence-corrected chi connectivity index (χ1v) is 6.44. The summed E-state index contributed by atoms with van der Waals surface area (Å²) in [5, 5.41) is 32.5. The predicted molar refractivity (Wildman–Crippen MR) is 82.3 cm³/mol. The van der Waals surface area contributed by atoms with Crippen LogP contribution < -0.4 is 0 Å². The fraction of sp³-hybridized carbons (Fsp3) is 0. The van der Waals surface area contributed by atoms with Crippen LogP contribution in [0.3, 0.4) is 0 Å². The van der Waals surface area contributed by atoms with Crippen LogP contribution >= 0.6 is 0 Å². The maximum atomic E-state index is 12.3. The van der Waals surface area contributed by atoms with Crippen molar-refractivity contribution in [2.75, 3.05) is 0 Å². The Morgan fingerprint density at radius 1 is 0.957 bits per heavy atom. The molecule has 0 bridgehead atoms. The molecule has 0 heterocycles. The Morgan fingerprint density at radius 3 is 1.96 bits per heavy atom. The molecule has 2 aromatic carbocycles. The van der Waals surface area contributed by atoms with Gasteiger partial charge in [-0.2, -0.15) is 5.26 Å². The zero-order valence-corrected chi connectivity index (χ0v) is 11.7. The van der Waals surface area contributed by atoms with Crippen molar-refractivity contribution in [1.82, 2.24) is 0 Å². The molecule has 0 saturated carbocycles. The molecule has 3 rings (SSSR count). The van der Waals surface area contributed by atoms with Crippen molar-refractivity contribution in [3.8, 4) is 11.8 Å². The average molecular weight is 309 g/mol. The smallest absolute Gasteiger partial charge is 0.503 e. The van der Waals surface area contributed by atoms with Gasteiger partial charge < -0.3 is 15.3 Å². The maximum Gasteiger partial charge on any atom is 0.503 e. The molecule has 6 heteroatoms. The van der Waals surface area contributed by atoms with Gasteiger partial charge in [0.05, 0.1) is 17.2 Å². The summed E-state index contributed by atoms with van der Waals surface area (Å²) >= 11 is 0. The molecule has 0 fully saturated rings. The van der Waals surface area contributed by atoms with Crippen molar-refractivity contribution < 1.29 is 24.9 Å². The monoisotopic (exact) mass is 309 g/mol. The van der Waals surface area contributed by atoms with Crippen molar-refractivity contribution in [2.24, 2.45) is 0 Å². The van der Waals surface area contributed by atoms with Gasteiger partial charge in [-0.25, -0.2) is 4.79 Å². The van der Waals surface area contributed by atoms with Crippen molar-refractivity contribution >= 4 is 24.1 Å². The van der Waals surface area contributed by atoms with E-state index in [1.165, 1.54) is 0 Å². The molecular weight excluding hydrogens is 298 g/mol. The number of rotatable bonds is 2. The lowest BCUT2D eigenvalue weighted by Gasteiger charge is -2.13. The van der Waals surface area contributed by atoms with E-state index in [0.717, 1.165) is 11.1 Å². The molecule has 0 atom stereocenters. The molecule has 0 unspecified atom stereocenters. The highest BCUT2D eigenvalue weighted by Crippen LogP contribution is 2.31. The Kier molecular flexibility index (Phi) is 4.43. The van der Waals surface area contributed by atoms with Gasteiger partial charge in [0.15, 0.2) is 5.78 Å². The fourth-order valence-electron chi connectivity index (χ4n) is 2.03. The van der Waals surface area contributed by atoms with Crippen LogP contribution in [0.4, 0.5) is 4.79 Å². The summed E-state index contributed by atoms with van der Waals surface area (Å²) in [6.45, 7) is 0. The third-order valence-electron chi connectivity index (χ3n) is 3.16. The molecule has 3 N–H and O–H groups in total. The summed E-state index contributed by atoms with van der Waals surface area (Å²) < 4.78 is 0. The number of carboxylic acid groups (broad SMARTS) is 2. The molecular formula is C17H11NO5. The number of phenolic OH excluding ortho intramolecular Hbond substituents is 1. The minimum atomic E-state index is -1.83. The molecule has 0 spiro atoms. The molecule has 1 aliphatic carbocycles. The second kappa shape index (κ2) is 6.45. The minimum absolute atomic E-state index is 0.0162. The number of carbonyl (C=O) groups is 2. The summed E-state index contributed by atoms with van der Waals surface area (Å²) in [5.74, 6) is -0.262. The first-order chi connectivity index (χ1) is 10.9. The Morgan fingerprint density at radius 2 is 1.48 bits per heavy atom. The van der Waals surface area contributed by atoms with Gasteiger partial charge in [0, 0.05) is 5.56 Å². The maximum absolute atomic E-state index is 12.3. The van der Waals surface area contributed by atoms with Crippen LogP contribution in [0, 0.1) is 11.3 Å². The molecule has 0 saturated heterocycles. The van der Waals surface area contributed by atoms with Gasteiger partial charge in [0.2, 0.25) is 0 Å². The Labute approximate surface area is 131 Å². The molecule has 6 nitrogen and oxygen atoms in total. The number of nitrogens with zero attached hydrogens (tertiary/aromatic N) is 1. The number of ketones is 1. The Balaban J connectivity index is 0.000000433. The third-order valence-corrected chi connectivity index (χ3v) is 3.16. The van der Waals surface area contributed by atoms with Crippen molar-refractivity contribution in [1.29, 1.82) is 5.26 Å². The van der Waals surface area contributed by atoms with Crippen molar-refractivity contribution in [3.05, 3.63) is 64.2 Å². The van der Waals surface area contributed by atoms with Crippen LogP contribution in [-0.2, 0) is 0 Å². The van der Waals surface area contributed by atoms with Gasteiger partial charge in [-0.05, 0) is 47.5 Å². The second-order valence-corrected chi connectivity index (χ2v) is 4.63. The van der Waals surface area contributed by atoms with Crippen molar-refractivity contribution in [2.45, 2.75) is 0 Å². The summed E-state index contributed by atoms with van der Waals surface area (Å²) in [6.07, 6.45) is 1.94. The van der Waals surface area contributed by atoms with E-state index >= 15 is 0 Å². The number of phenols is 1. The summed E-state index contributed by atoms with van der Waals surface area (Å²) in [4.78, 5) is 20.8. The van der Waals surface area contributed by atoms with E-state index in [-0.39, 0.29) is 17.1 Å². The minimum Gasteiger partial charge on any atom is -0.507 e. The number of fused-ring (bicyclic) bond motifs is 1. The topological polar surface area (TPSA) is 119 Å². The molecule has 2 aromatic rings. The molecule has 114 valence electrons. The van der Waals surface area contributed by atoms with Crippen molar-refractivity contribution in [3.63, 3.8) is 0 Å². The zero-order valence-electron chi connectivity index (χ0n) is 11.7. The van der Waals surface area contributed by atoms with Crippen LogP contribution in [0.1, 0.15) is 32.6 Å². The molecule has 23 heavy (non-hydrogen) atoms. The first-order valence-electron chi connectivity index (χ1n) is 6.44. The third kappa shape index (κ3) is 3.54. The number of carbonyl (C=O) groups excluding carboxylic acids is 1. The summed E-state index contributed by atoms with van der Waals surface area (Å²) in [5.41, 5.74) is 3.13. The first kappa shape index (κ1) is 15.8. The quantitative estimate of drug-likeness (QED) is 0.625. The van der Waals surface area contributed by atoms with E-state index in [1.807, 2.05) is 18.2 Å². The predicted octanol–water partition coefficient (Wildman–Crippen LogP) is 3.20. The van der Waals surface area contributed by atoms with Gasteiger partial charge >= 0.3 is 6.16 Å². The fourth-order valence-corrected chi connectivity index (χ4v) is 2.03. The molecule has 0 amide bonds.